The summed E-state index contributed by atoms with van der Waals surface area (Å²) in [7, 11) is 0. The van der Waals surface area contributed by atoms with E-state index in [4.69, 9.17) is 10.5 Å². The smallest absolute Gasteiger partial charge is 0.0940 e. The molecule has 2 heteroatoms. The first-order valence-corrected chi connectivity index (χ1v) is 5.78. The van der Waals surface area contributed by atoms with Gasteiger partial charge in [-0.3, -0.25) is 0 Å². The van der Waals surface area contributed by atoms with Crippen LogP contribution in [-0.2, 0) is 16.9 Å². The van der Waals surface area contributed by atoms with Crippen LogP contribution in [-0.4, -0.2) is 6.04 Å². The molecule has 0 radical (unpaired) electrons. The molecule has 0 atom stereocenters. The number of benzene rings is 1. The van der Waals surface area contributed by atoms with Gasteiger partial charge in [-0.05, 0) is 36.8 Å². The summed E-state index contributed by atoms with van der Waals surface area (Å²) in [6.45, 7) is 0.783. The molecule has 0 saturated heterocycles. The first-order chi connectivity index (χ1) is 7.30. The SMILES string of the molecule is NC1CCC2(CC1)OCc1ccccc12. The van der Waals surface area contributed by atoms with Crippen LogP contribution in [0.5, 0.6) is 0 Å². The van der Waals surface area contributed by atoms with E-state index in [0.29, 0.717) is 6.04 Å². The number of hydrogen-bond acceptors (Lipinski definition) is 2. The third kappa shape index (κ3) is 1.40. The van der Waals surface area contributed by atoms with Crippen molar-refractivity contribution in [2.45, 2.75) is 43.9 Å². The van der Waals surface area contributed by atoms with Crippen molar-refractivity contribution in [2.75, 3.05) is 0 Å². The van der Waals surface area contributed by atoms with Crippen molar-refractivity contribution in [3.05, 3.63) is 35.4 Å². The number of hydrogen-bond donors (Lipinski definition) is 1. The molecule has 1 fully saturated rings. The van der Waals surface area contributed by atoms with Crippen molar-refractivity contribution in [1.29, 1.82) is 0 Å². The molecule has 15 heavy (non-hydrogen) atoms. The molecule has 2 aliphatic rings. The van der Waals surface area contributed by atoms with Crippen LogP contribution in [0.25, 0.3) is 0 Å². The molecule has 0 unspecified atom stereocenters. The number of ether oxygens (including phenoxy) is 1. The molecule has 1 aliphatic heterocycles. The van der Waals surface area contributed by atoms with Gasteiger partial charge in [-0.15, -0.1) is 0 Å². The summed E-state index contributed by atoms with van der Waals surface area (Å²) in [4.78, 5) is 0. The van der Waals surface area contributed by atoms with Gasteiger partial charge in [0.25, 0.3) is 0 Å². The zero-order valence-corrected chi connectivity index (χ0v) is 8.91. The highest BCUT2D eigenvalue weighted by molar-refractivity contribution is 5.35. The lowest BCUT2D eigenvalue weighted by Gasteiger charge is -2.36. The van der Waals surface area contributed by atoms with Crippen LogP contribution < -0.4 is 5.73 Å². The molecule has 0 amide bonds. The van der Waals surface area contributed by atoms with Gasteiger partial charge in [0, 0.05) is 6.04 Å². The van der Waals surface area contributed by atoms with E-state index < -0.39 is 0 Å². The van der Waals surface area contributed by atoms with E-state index in [1.807, 2.05) is 0 Å². The average molecular weight is 203 g/mol. The minimum Gasteiger partial charge on any atom is -0.366 e. The third-order valence-electron chi connectivity index (χ3n) is 3.85. The molecule has 1 aromatic carbocycles. The van der Waals surface area contributed by atoms with Crippen LogP contribution >= 0.6 is 0 Å². The summed E-state index contributed by atoms with van der Waals surface area (Å²) in [5.41, 5.74) is 8.74. The van der Waals surface area contributed by atoms with Gasteiger partial charge in [-0.2, -0.15) is 0 Å². The minimum absolute atomic E-state index is 0.00641. The second-order valence-corrected chi connectivity index (χ2v) is 4.78. The Kier molecular flexibility index (Phi) is 2.08. The largest absolute Gasteiger partial charge is 0.366 e. The standard InChI is InChI=1S/C13H17NO/c14-11-5-7-13(8-6-11)12-4-2-1-3-10(12)9-15-13/h1-4,11H,5-9,14H2. The van der Waals surface area contributed by atoms with E-state index in [9.17, 15) is 0 Å². The van der Waals surface area contributed by atoms with Crippen molar-refractivity contribution < 1.29 is 4.74 Å². The molecule has 1 heterocycles. The van der Waals surface area contributed by atoms with Crippen molar-refractivity contribution >= 4 is 0 Å². The second-order valence-electron chi connectivity index (χ2n) is 4.78. The first kappa shape index (κ1) is 9.37. The van der Waals surface area contributed by atoms with Gasteiger partial charge in [0.15, 0.2) is 0 Å². The molecule has 0 bridgehead atoms. The van der Waals surface area contributed by atoms with E-state index >= 15 is 0 Å². The normalized spacial score (nSPS) is 34.3. The van der Waals surface area contributed by atoms with Crippen molar-refractivity contribution in [3.8, 4) is 0 Å². The molecule has 2 nitrogen and oxygen atoms in total. The maximum Gasteiger partial charge on any atom is 0.0940 e. The molecule has 2 N–H and O–H groups in total. The number of nitrogens with two attached hydrogens (primary N) is 1. The Morgan fingerprint density at radius 1 is 1.20 bits per heavy atom. The van der Waals surface area contributed by atoms with Gasteiger partial charge in [0.05, 0.1) is 12.2 Å². The Balaban J connectivity index is 1.95. The lowest BCUT2D eigenvalue weighted by atomic mass is 9.78. The maximum absolute atomic E-state index is 6.04. The highest BCUT2D eigenvalue weighted by atomic mass is 16.5. The molecule has 1 spiro atoms. The highest BCUT2D eigenvalue weighted by Crippen LogP contribution is 2.46. The van der Waals surface area contributed by atoms with Gasteiger partial charge in [-0.25, -0.2) is 0 Å². The predicted octanol–water partition coefficient (Wildman–Crippen LogP) is 2.31. The highest BCUT2D eigenvalue weighted by Gasteiger charge is 2.41. The van der Waals surface area contributed by atoms with Gasteiger partial charge < -0.3 is 10.5 Å². The zero-order valence-electron chi connectivity index (χ0n) is 8.91. The summed E-state index contributed by atoms with van der Waals surface area (Å²) in [6, 6.07) is 8.99. The van der Waals surface area contributed by atoms with Crippen LogP contribution in [0.4, 0.5) is 0 Å². The summed E-state index contributed by atoms with van der Waals surface area (Å²) in [6.07, 6.45) is 4.36. The van der Waals surface area contributed by atoms with E-state index in [1.54, 1.807) is 0 Å². The van der Waals surface area contributed by atoms with E-state index in [1.165, 1.54) is 11.1 Å². The first-order valence-electron chi connectivity index (χ1n) is 5.78. The van der Waals surface area contributed by atoms with Crippen LogP contribution in [0.1, 0.15) is 36.8 Å². The molecule has 1 aliphatic carbocycles. The Hall–Kier alpha value is -0.860. The zero-order chi connectivity index (χ0) is 10.3. The summed E-state index contributed by atoms with van der Waals surface area (Å²) in [5.74, 6) is 0. The molecular formula is C13H17NO. The van der Waals surface area contributed by atoms with Gasteiger partial charge in [-0.1, -0.05) is 24.3 Å². The Morgan fingerprint density at radius 3 is 2.73 bits per heavy atom. The lowest BCUT2D eigenvalue weighted by molar-refractivity contribution is -0.0664. The second kappa shape index (κ2) is 3.32. The summed E-state index contributed by atoms with van der Waals surface area (Å²) in [5, 5.41) is 0. The molecular weight excluding hydrogens is 186 g/mol. The molecule has 1 aromatic rings. The monoisotopic (exact) mass is 203 g/mol. The number of fused-ring (bicyclic) bond motifs is 2. The molecule has 0 aromatic heterocycles. The predicted molar refractivity (Wildman–Crippen MR) is 59.4 cm³/mol. The van der Waals surface area contributed by atoms with Gasteiger partial charge in [0.1, 0.15) is 0 Å². The minimum atomic E-state index is 0.00641. The fourth-order valence-electron chi connectivity index (χ4n) is 2.90. The maximum atomic E-state index is 6.04. The fourth-order valence-corrected chi connectivity index (χ4v) is 2.90. The third-order valence-corrected chi connectivity index (χ3v) is 3.85. The van der Waals surface area contributed by atoms with E-state index in [-0.39, 0.29) is 5.60 Å². The van der Waals surface area contributed by atoms with Crippen molar-refractivity contribution in [2.24, 2.45) is 5.73 Å². The molecule has 3 rings (SSSR count). The van der Waals surface area contributed by atoms with E-state index in [0.717, 1.165) is 32.3 Å². The van der Waals surface area contributed by atoms with Crippen LogP contribution in [0.15, 0.2) is 24.3 Å². The Bertz CT molecular complexity index is 367. The van der Waals surface area contributed by atoms with E-state index in [2.05, 4.69) is 24.3 Å². The quantitative estimate of drug-likeness (QED) is 0.702. The Morgan fingerprint density at radius 2 is 1.93 bits per heavy atom. The molecule has 1 saturated carbocycles. The molecule has 80 valence electrons. The van der Waals surface area contributed by atoms with Crippen LogP contribution in [0, 0.1) is 0 Å². The Labute approximate surface area is 90.4 Å². The average Bonchev–Trinajstić information content (AvgIpc) is 2.63. The van der Waals surface area contributed by atoms with Gasteiger partial charge >= 0.3 is 0 Å². The topological polar surface area (TPSA) is 35.2 Å². The van der Waals surface area contributed by atoms with Gasteiger partial charge in [0.2, 0.25) is 0 Å². The number of rotatable bonds is 0. The summed E-state index contributed by atoms with van der Waals surface area (Å²) >= 11 is 0. The lowest BCUT2D eigenvalue weighted by Crippen LogP contribution is -2.36. The summed E-state index contributed by atoms with van der Waals surface area (Å²) < 4.78 is 6.04. The fraction of sp³-hybridized carbons (Fsp3) is 0.538. The van der Waals surface area contributed by atoms with Crippen molar-refractivity contribution in [3.63, 3.8) is 0 Å². The van der Waals surface area contributed by atoms with Crippen LogP contribution in [0.3, 0.4) is 0 Å². The van der Waals surface area contributed by atoms with Crippen LogP contribution in [0.2, 0.25) is 0 Å². The van der Waals surface area contributed by atoms with Crippen molar-refractivity contribution in [1.82, 2.24) is 0 Å².